The van der Waals surface area contributed by atoms with E-state index in [1.165, 1.54) is 0 Å². The van der Waals surface area contributed by atoms with E-state index in [9.17, 15) is 4.79 Å². The van der Waals surface area contributed by atoms with E-state index in [1.807, 2.05) is 42.5 Å². The number of benzene rings is 1. The van der Waals surface area contributed by atoms with E-state index in [2.05, 4.69) is 20.3 Å². The highest BCUT2D eigenvalue weighted by atomic mass is 16.5. The van der Waals surface area contributed by atoms with Gasteiger partial charge in [0.2, 0.25) is 5.88 Å². The van der Waals surface area contributed by atoms with Crippen LogP contribution in [0, 0.1) is 0 Å². The molecular weight excluding hydrogens is 352 g/mol. The number of hydrogen-bond donors (Lipinski definition) is 1. The molecule has 0 saturated carbocycles. The van der Waals surface area contributed by atoms with E-state index < -0.39 is 0 Å². The molecule has 3 aromatic heterocycles. The highest BCUT2D eigenvalue weighted by Crippen LogP contribution is 2.24. The molecule has 4 rings (SSSR count). The molecule has 1 N–H and O–H groups in total. The van der Waals surface area contributed by atoms with Crippen molar-refractivity contribution < 1.29 is 9.53 Å². The van der Waals surface area contributed by atoms with Crippen molar-refractivity contribution in [3.8, 4) is 17.1 Å². The monoisotopic (exact) mass is 370 g/mol. The molecular formula is C22H18N4O2. The molecule has 0 spiro atoms. The van der Waals surface area contributed by atoms with Gasteiger partial charge in [0.1, 0.15) is 0 Å². The molecule has 0 saturated heterocycles. The van der Waals surface area contributed by atoms with E-state index in [0.29, 0.717) is 23.7 Å². The quantitative estimate of drug-likeness (QED) is 0.580. The predicted molar refractivity (Wildman–Crippen MR) is 107 cm³/mol. The number of nitrogens with one attached hydrogen (secondary N) is 1. The highest BCUT2D eigenvalue weighted by Gasteiger charge is 2.14. The summed E-state index contributed by atoms with van der Waals surface area (Å²) in [5.74, 6) is 0.371. The Morgan fingerprint density at radius 1 is 1.07 bits per heavy atom. The summed E-state index contributed by atoms with van der Waals surface area (Å²) in [4.78, 5) is 25.9. The van der Waals surface area contributed by atoms with Gasteiger partial charge in [-0.25, -0.2) is 9.97 Å². The van der Waals surface area contributed by atoms with Crippen LogP contribution in [0.3, 0.4) is 0 Å². The van der Waals surface area contributed by atoms with Crippen molar-refractivity contribution in [3.63, 3.8) is 0 Å². The van der Waals surface area contributed by atoms with Crippen LogP contribution < -0.4 is 10.1 Å². The van der Waals surface area contributed by atoms with Gasteiger partial charge in [-0.15, -0.1) is 0 Å². The molecule has 138 valence electrons. The molecule has 6 heteroatoms. The number of ether oxygens (including phenoxy) is 1. The van der Waals surface area contributed by atoms with Gasteiger partial charge in [-0.2, -0.15) is 0 Å². The van der Waals surface area contributed by atoms with Crippen molar-refractivity contribution in [1.82, 2.24) is 20.3 Å². The summed E-state index contributed by atoms with van der Waals surface area (Å²) in [6.45, 7) is 0.370. The largest absolute Gasteiger partial charge is 0.481 e. The molecule has 0 fully saturated rings. The summed E-state index contributed by atoms with van der Waals surface area (Å²) in [6, 6.07) is 16.8. The van der Waals surface area contributed by atoms with Gasteiger partial charge < -0.3 is 10.1 Å². The lowest BCUT2D eigenvalue weighted by molar-refractivity contribution is 0.0952. The Balaban J connectivity index is 1.65. The maximum atomic E-state index is 12.9. The second-order valence-electron chi connectivity index (χ2n) is 6.21. The van der Waals surface area contributed by atoms with Gasteiger partial charge in [-0.3, -0.25) is 9.78 Å². The van der Waals surface area contributed by atoms with Crippen LogP contribution in [0.1, 0.15) is 15.9 Å². The van der Waals surface area contributed by atoms with Gasteiger partial charge >= 0.3 is 0 Å². The number of amides is 1. The zero-order chi connectivity index (χ0) is 19.3. The molecule has 4 aromatic rings. The minimum atomic E-state index is -0.167. The van der Waals surface area contributed by atoms with Gasteiger partial charge in [0.15, 0.2) is 0 Å². The first-order valence-corrected chi connectivity index (χ1v) is 8.82. The van der Waals surface area contributed by atoms with Gasteiger partial charge in [-0.1, -0.05) is 24.3 Å². The second kappa shape index (κ2) is 7.84. The number of hydrogen-bond acceptors (Lipinski definition) is 5. The first-order valence-electron chi connectivity index (χ1n) is 8.82. The molecule has 0 aliphatic heterocycles. The number of para-hydroxylation sites is 1. The molecule has 0 atom stereocenters. The maximum Gasteiger partial charge on any atom is 0.252 e. The summed E-state index contributed by atoms with van der Waals surface area (Å²) in [7, 11) is 1.57. The van der Waals surface area contributed by atoms with Crippen LogP contribution in [-0.4, -0.2) is 28.0 Å². The molecule has 0 aliphatic carbocycles. The number of nitrogens with zero attached hydrogens (tertiary/aromatic N) is 3. The van der Waals surface area contributed by atoms with Gasteiger partial charge in [0.05, 0.1) is 23.9 Å². The van der Waals surface area contributed by atoms with E-state index in [0.717, 1.165) is 22.0 Å². The third kappa shape index (κ3) is 3.66. The number of carbonyl (C=O) groups excluding carboxylic acids is 1. The average Bonchev–Trinajstić information content (AvgIpc) is 2.77. The summed E-state index contributed by atoms with van der Waals surface area (Å²) in [6.07, 6.45) is 5.13. The Bertz CT molecular complexity index is 1110. The lowest BCUT2D eigenvalue weighted by Crippen LogP contribution is -2.23. The zero-order valence-electron chi connectivity index (χ0n) is 15.3. The Hall–Kier alpha value is -3.80. The normalized spacial score (nSPS) is 10.6. The van der Waals surface area contributed by atoms with E-state index in [4.69, 9.17) is 4.74 Å². The van der Waals surface area contributed by atoms with Crippen molar-refractivity contribution in [2.45, 2.75) is 6.54 Å². The first kappa shape index (κ1) is 17.6. The van der Waals surface area contributed by atoms with Crippen molar-refractivity contribution >= 4 is 16.8 Å². The number of fused-ring (bicyclic) bond motifs is 1. The lowest BCUT2D eigenvalue weighted by Gasteiger charge is -2.11. The Morgan fingerprint density at radius 3 is 2.71 bits per heavy atom. The molecule has 28 heavy (non-hydrogen) atoms. The molecule has 3 heterocycles. The minimum Gasteiger partial charge on any atom is -0.481 e. The van der Waals surface area contributed by atoms with Crippen LogP contribution in [-0.2, 0) is 6.54 Å². The summed E-state index contributed by atoms with van der Waals surface area (Å²) in [5, 5.41) is 3.77. The number of pyridine rings is 3. The lowest BCUT2D eigenvalue weighted by atomic mass is 10.0. The third-order valence-electron chi connectivity index (χ3n) is 4.38. The van der Waals surface area contributed by atoms with Crippen molar-refractivity contribution in [2.75, 3.05) is 7.11 Å². The average molecular weight is 370 g/mol. The fraction of sp³-hybridized carbons (Fsp3) is 0.0909. The van der Waals surface area contributed by atoms with Gasteiger partial charge in [0.25, 0.3) is 5.91 Å². The third-order valence-corrected chi connectivity index (χ3v) is 4.38. The standard InChI is InChI=1S/C22H18N4O2/c1-28-21-9-8-15(12-24-21)13-25-22(27)18-11-20(16-5-4-10-23-14-16)26-19-7-3-2-6-17(18)19/h2-12,14H,13H2,1H3,(H,25,27). The molecule has 0 radical (unpaired) electrons. The fourth-order valence-corrected chi connectivity index (χ4v) is 2.94. The summed E-state index contributed by atoms with van der Waals surface area (Å²) >= 11 is 0. The number of methoxy groups -OCH3 is 1. The van der Waals surface area contributed by atoms with Crippen LogP contribution in [0.25, 0.3) is 22.2 Å². The minimum absolute atomic E-state index is 0.167. The van der Waals surface area contributed by atoms with Gasteiger partial charge in [0, 0.05) is 42.2 Å². The van der Waals surface area contributed by atoms with Crippen LogP contribution in [0.15, 0.2) is 73.2 Å². The van der Waals surface area contributed by atoms with E-state index in [-0.39, 0.29) is 5.91 Å². The first-order chi connectivity index (χ1) is 13.7. The second-order valence-corrected chi connectivity index (χ2v) is 6.21. The van der Waals surface area contributed by atoms with Crippen LogP contribution in [0.2, 0.25) is 0 Å². The Labute approximate surface area is 162 Å². The van der Waals surface area contributed by atoms with Crippen molar-refractivity contribution in [1.29, 1.82) is 0 Å². The molecule has 6 nitrogen and oxygen atoms in total. The number of carbonyl (C=O) groups is 1. The predicted octanol–water partition coefficient (Wildman–Crippen LogP) is 3.63. The molecule has 1 aromatic carbocycles. The van der Waals surface area contributed by atoms with Crippen molar-refractivity contribution in [3.05, 3.63) is 84.3 Å². The van der Waals surface area contributed by atoms with Crippen molar-refractivity contribution in [2.24, 2.45) is 0 Å². The van der Waals surface area contributed by atoms with Crippen LogP contribution in [0.4, 0.5) is 0 Å². The zero-order valence-corrected chi connectivity index (χ0v) is 15.3. The van der Waals surface area contributed by atoms with E-state index in [1.54, 1.807) is 37.8 Å². The van der Waals surface area contributed by atoms with E-state index >= 15 is 0 Å². The Kier molecular flexibility index (Phi) is 4.93. The number of aromatic nitrogens is 3. The summed E-state index contributed by atoms with van der Waals surface area (Å²) in [5.41, 5.74) is 3.80. The SMILES string of the molecule is COc1ccc(CNC(=O)c2cc(-c3cccnc3)nc3ccccc23)cn1. The molecule has 1 amide bonds. The molecule has 0 aliphatic rings. The Morgan fingerprint density at radius 2 is 1.96 bits per heavy atom. The maximum absolute atomic E-state index is 12.9. The topological polar surface area (TPSA) is 77.0 Å². The smallest absolute Gasteiger partial charge is 0.252 e. The molecule has 0 unspecified atom stereocenters. The number of rotatable bonds is 5. The fourth-order valence-electron chi connectivity index (χ4n) is 2.94. The van der Waals surface area contributed by atoms with Gasteiger partial charge in [-0.05, 0) is 29.8 Å². The van der Waals surface area contributed by atoms with Crippen LogP contribution >= 0.6 is 0 Å². The molecule has 0 bridgehead atoms. The summed E-state index contributed by atoms with van der Waals surface area (Å²) < 4.78 is 5.06. The van der Waals surface area contributed by atoms with Crippen LogP contribution in [0.5, 0.6) is 5.88 Å². The highest BCUT2D eigenvalue weighted by molar-refractivity contribution is 6.07.